The molecule has 0 radical (unpaired) electrons. The number of carboxylic acid groups (broad SMARTS) is 2. The molecule has 0 saturated heterocycles. The Morgan fingerprint density at radius 3 is 2.14 bits per heavy atom. The molecule has 0 bridgehead atoms. The standard InChI is InChI=1S/C13H11ClN2O5/c14-9-4-2-8(3-5-9)10(17)16-13(11(18)19,12(20)21)6-1-7-15/h2-5H,1,6H2,(H,16,17)(H,18,19)(H,20,21). The van der Waals surface area contributed by atoms with E-state index in [-0.39, 0.29) is 12.0 Å². The Kier molecular flexibility index (Phi) is 5.27. The smallest absolute Gasteiger partial charge is 0.341 e. The van der Waals surface area contributed by atoms with Crippen molar-refractivity contribution in [1.82, 2.24) is 5.32 Å². The highest BCUT2D eigenvalue weighted by Crippen LogP contribution is 2.16. The second-order valence-electron chi connectivity index (χ2n) is 4.13. The number of carboxylic acids is 2. The third kappa shape index (κ3) is 3.70. The minimum absolute atomic E-state index is 0.0585. The molecular weight excluding hydrogens is 300 g/mol. The first-order valence-corrected chi connectivity index (χ1v) is 6.13. The zero-order chi connectivity index (χ0) is 16.0. The Balaban J connectivity index is 3.08. The van der Waals surface area contributed by atoms with Gasteiger partial charge in [0.05, 0.1) is 6.07 Å². The van der Waals surface area contributed by atoms with E-state index >= 15 is 0 Å². The third-order valence-corrected chi connectivity index (χ3v) is 3.03. The molecule has 0 spiro atoms. The molecule has 1 aromatic carbocycles. The van der Waals surface area contributed by atoms with Gasteiger partial charge in [-0.05, 0) is 24.3 Å². The summed E-state index contributed by atoms with van der Waals surface area (Å²) in [5, 5.41) is 29.1. The predicted molar refractivity (Wildman–Crippen MR) is 71.8 cm³/mol. The number of benzene rings is 1. The Labute approximate surface area is 124 Å². The molecule has 3 N–H and O–H groups in total. The van der Waals surface area contributed by atoms with E-state index in [9.17, 15) is 14.4 Å². The number of nitrogens with zero attached hydrogens (tertiary/aromatic N) is 1. The molecule has 0 aromatic heterocycles. The first kappa shape index (κ1) is 16.5. The lowest BCUT2D eigenvalue weighted by Crippen LogP contribution is -2.60. The molecule has 0 aliphatic rings. The predicted octanol–water partition coefficient (Wildman–Crippen LogP) is 1.28. The highest BCUT2D eigenvalue weighted by atomic mass is 35.5. The number of nitriles is 1. The van der Waals surface area contributed by atoms with Crippen LogP contribution in [0.1, 0.15) is 23.2 Å². The van der Waals surface area contributed by atoms with Crippen molar-refractivity contribution in [2.24, 2.45) is 0 Å². The molecule has 0 unspecified atom stereocenters. The van der Waals surface area contributed by atoms with Gasteiger partial charge in [0.2, 0.25) is 5.54 Å². The minimum Gasteiger partial charge on any atom is -0.479 e. The molecule has 21 heavy (non-hydrogen) atoms. The molecule has 1 amide bonds. The number of hydrogen-bond donors (Lipinski definition) is 3. The van der Waals surface area contributed by atoms with Crippen LogP contribution >= 0.6 is 11.6 Å². The molecule has 8 heteroatoms. The molecule has 110 valence electrons. The summed E-state index contributed by atoms with van der Waals surface area (Å²) in [6.07, 6.45) is -0.882. The number of hydrogen-bond acceptors (Lipinski definition) is 4. The fourth-order valence-electron chi connectivity index (χ4n) is 1.59. The van der Waals surface area contributed by atoms with Gasteiger partial charge in [0.15, 0.2) is 0 Å². The fourth-order valence-corrected chi connectivity index (χ4v) is 1.71. The van der Waals surface area contributed by atoms with Gasteiger partial charge in [-0.2, -0.15) is 5.26 Å². The van der Waals surface area contributed by atoms with Gasteiger partial charge in [0.1, 0.15) is 0 Å². The van der Waals surface area contributed by atoms with Gasteiger partial charge in [-0.25, -0.2) is 9.59 Å². The fraction of sp³-hybridized carbons (Fsp3) is 0.231. The van der Waals surface area contributed by atoms with Crippen molar-refractivity contribution in [3.05, 3.63) is 34.9 Å². The largest absolute Gasteiger partial charge is 0.479 e. The number of carbonyl (C=O) groups excluding carboxylic acids is 1. The number of halogens is 1. The maximum atomic E-state index is 12.0. The van der Waals surface area contributed by atoms with Crippen LogP contribution in [0.5, 0.6) is 0 Å². The molecule has 0 aliphatic heterocycles. The molecule has 0 aliphatic carbocycles. The molecule has 0 atom stereocenters. The highest BCUT2D eigenvalue weighted by molar-refractivity contribution is 6.30. The SMILES string of the molecule is N#CCCC(NC(=O)c1ccc(Cl)cc1)(C(=O)O)C(=O)O. The molecule has 0 saturated carbocycles. The van der Waals surface area contributed by atoms with Crippen LogP contribution < -0.4 is 5.32 Å². The van der Waals surface area contributed by atoms with Gasteiger partial charge in [-0.3, -0.25) is 4.79 Å². The van der Waals surface area contributed by atoms with Crippen molar-refractivity contribution in [2.45, 2.75) is 18.4 Å². The number of carbonyl (C=O) groups is 3. The van der Waals surface area contributed by atoms with Crippen LogP contribution in [0.3, 0.4) is 0 Å². The topological polar surface area (TPSA) is 127 Å². The van der Waals surface area contributed by atoms with E-state index in [0.717, 1.165) is 0 Å². The van der Waals surface area contributed by atoms with E-state index in [4.69, 9.17) is 27.1 Å². The lowest BCUT2D eigenvalue weighted by Gasteiger charge is -2.25. The van der Waals surface area contributed by atoms with Crippen LogP contribution in [-0.2, 0) is 9.59 Å². The Morgan fingerprint density at radius 1 is 1.19 bits per heavy atom. The summed E-state index contributed by atoms with van der Waals surface area (Å²) >= 11 is 5.66. The maximum absolute atomic E-state index is 12.0. The van der Waals surface area contributed by atoms with Gasteiger partial charge < -0.3 is 15.5 Å². The lowest BCUT2D eigenvalue weighted by molar-refractivity contribution is -0.158. The first-order valence-electron chi connectivity index (χ1n) is 5.75. The Morgan fingerprint density at radius 2 is 1.71 bits per heavy atom. The summed E-state index contributed by atoms with van der Waals surface area (Å²) in [4.78, 5) is 34.5. The van der Waals surface area contributed by atoms with Gasteiger partial charge in [-0.15, -0.1) is 0 Å². The van der Waals surface area contributed by atoms with Crippen molar-refractivity contribution >= 4 is 29.4 Å². The van der Waals surface area contributed by atoms with E-state index in [1.165, 1.54) is 24.3 Å². The van der Waals surface area contributed by atoms with Crippen LogP contribution in [0.4, 0.5) is 0 Å². The summed E-state index contributed by atoms with van der Waals surface area (Å²) in [7, 11) is 0. The minimum atomic E-state index is -2.55. The first-order chi connectivity index (χ1) is 9.83. The normalized spacial score (nSPS) is 10.5. The molecule has 0 fully saturated rings. The lowest BCUT2D eigenvalue weighted by atomic mass is 9.93. The summed E-state index contributed by atoms with van der Waals surface area (Å²) in [6.45, 7) is 0. The van der Waals surface area contributed by atoms with Gasteiger partial charge in [0, 0.05) is 23.4 Å². The Bertz CT molecular complexity index is 592. The van der Waals surface area contributed by atoms with Gasteiger partial charge in [0.25, 0.3) is 5.91 Å². The molecule has 0 heterocycles. The van der Waals surface area contributed by atoms with Gasteiger partial charge in [-0.1, -0.05) is 11.6 Å². The van der Waals surface area contributed by atoms with Crippen molar-refractivity contribution in [3.8, 4) is 6.07 Å². The average Bonchev–Trinajstić information content (AvgIpc) is 2.43. The van der Waals surface area contributed by atoms with E-state index in [2.05, 4.69) is 0 Å². The van der Waals surface area contributed by atoms with Crippen LogP contribution in [0.25, 0.3) is 0 Å². The van der Waals surface area contributed by atoms with Crippen LogP contribution in [0.15, 0.2) is 24.3 Å². The second kappa shape index (κ2) is 6.72. The number of rotatable bonds is 6. The van der Waals surface area contributed by atoms with Crippen LogP contribution in [0, 0.1) is 11.3 Å². The van der Waals surface area contributed by atoms with Crippen molar-refractivity contribution in [3.63, 3.8) is 0 Å². The Hall–Kier alpha value is -2.59. The van der Waals surface area contributed by atoms with Crippen LogP contribution in [-0.4, -0.2) is 33.6 Å². The second-order valence-corrected chi connectivity index (χ2v) is 4.57. The monoisotopic (exact) mass is 310 g/mol. The highest BCUT2D eigenvalue weighted by Gasteiger charge is 2.47. The molecule has 7 nitrogen and oxygen atoms in total. The zero-order valence-electron chi connectivity index (χ0n) is 10.7. The summed E-state index contributed by atoms with van der Waals surface area (Å²) < 4.78 is 0. The zero-order valence-corrected chi connectivity index (χ0v) is 11.4. The molecule has 1 rings (SSSR count). The van der Waals surface area contributed by atoms with Crippen molar-refractivity contribution < 1.29 is 24.6 Å². The summed E-state index contributed by atoms with van der Waals surface area (Å²) in [5.74, 6) is -4.37. The third-order valence-electron chi connectivity index (χ3n) is 2.78. The molecular formula is C13H11ClN2O5. The van der Waals surface area contributed by atoms with Crippen molar-refractivity contribution in [2.75, 3.05) is 0 Å². The maximum Gasteiger partial charge on any atom is 0.341 e. The van der Waals surface area contributed by atoms with E-state index in [0.29, 0.717) is 5.02 Å². The van der Waals surface area contributed by atoms with E-state index in [1.807, 2.05) is 5.32 Å². The van der Waals surface area contributed by atoms with Crippen molar-refractivity contribution in [1.29, 1.82) is 5.26 Å². The van der Waals surface area contributed by atoms with E-state index in [1.54, 1.807) is 6.07 Å². The van der Waals surface area contributed by atoms with E-state index < -0.39 is 29.8 Å². The molecule has 1 aromatic rings. The van der Waals surface area contributed by atoms with Crippen LogP contribution in [0.2, 0.25) is 5.02 Å². The number of aliphatic carboxylic acids is 2. The average molecular weight is 311 g/mol. The summed E-state index contributed by atoms with van der Waals surface area (Å²) in [6, 6.07) is 7.14. The number of amides is 1. The quantitative estimate of drug-likeness (QED) is 0.679. The van der Waals surface area contributed by atoms with Gasteiger partial charge >= 0.3 is 11.9 Å². The summed E-state index contributed by atoms with van der Waals surface area (Å²) in [5.41, 5.74) is -2.49. The number of nitrogens with one attached hydrogen (secondary N) is 1.